The average molecular weight is 252 g/mol. The van der Waals surface area contributed by atoms with Crippen LogP contribution in [-0.4, -0.2) is 31.7 Å². The number of anilines is 1. The highest BCUT2D eigenvalue weighted by atomic mass is 16.4. The summed E-state index contributed by atoms with van der Waals surface area (Å²) in [7, 11) is 1.66. The number of nitrogens with one attached hydrogen (secondary N) is 1. The lowest BCUT2D eigenvalue weighted by Gasteiger charge is -2.14. The van der Waals surface area contributed by atoms with E-state index in [2.05, 4.69) is 15.4 Å². The van der Waals surface area contributed by atoms with Crippen LogP contribution < -0.4 is 5.32 Å². The molecule has 1 fully saturated rings. The lowest BCUT2D eigenvalue weighted by atomic mass is 9.95. The molecule has 2 rings (SSSR count). The number of aromatic nitrogens is 3. The van der Waals surface area contributed by atoms with Crippen molar-refractivity contribution >= 4 is 17.8 Å². The Balaban J connectivity index is 2.09. The third kappa shape index (κ3) is 2.34. The number of carboxylic acids is 1. The van der Waals surface area contributed by atoms with Crippen LogP contribution in [-0.2, 0) is 16.6 Å². The minimum atomic E-state index is -0.905. The molecule has 0 bridgehead atoms. The van der Waals surface area contributed by atoms with Gasteiger partial charge in [0.1, 0.15) is 6.33 Å². The van der Waals surface area contributed by atoms with Crippen molar-refractivity contribution in [1.29, 1.82) is 0 Å². The van der Waals surface area contributed by atoms with E-state index < -0.39 is 17.8 Å². The largest absolute Gasteiger partial charge is 0.481 e. The van der Waals surface area contributed by atoms with E-state index in [1.54, 1.807) is 7.05 Å². The Bertz CT molecular complexity index is 471. The van der Waals surface area contributed by atoms with Gasteiger partial charge in [0, 0.05) is 7.05 Å². The fourth-order valence-corrected chi connectivity index (χ4v) is 2.47. The lowest BCUT2D eigenvalue weighted by molar-refractivity contribution is -0.145. The molecule has 0 aliphatic heterocycles. The highest BCUT2D eigenvalue weighted by Crippen LogP contribution is 2.36. The van der Waals surface area contributed by atoms with Gasteiger partial charge in [-0.2, -0.15) is 10.1 Å². The zero-order chi connectivity index (χ0) is 13.3. The number of hydrogen-bond donors (Lipinski definition) is 2. The summed E-state index contributed by atoms with van der Waals surface area (Å²) in [6.45, 7) is 1.96. The normalized spacial score (nSPS) is 27.1. The number of hydrogen-bond acceptors (Lipinski definition) is 4. The third-order valence-corrected chi connectivity index (χ3v) is 3.40. The second-order valence-corrected chi connectivity index (χ2v) is 4.82. The number of rotatable bonds is 3. The first-order valence-corrected chi connectivity index (χ1v) is 5.86. The van der Waals surface area contributed by atoms with E-state index in [0.717, 1.165) is 0 Å². The van der Waals surface area contributed by atoms with Crippen molar-refractivity contribution in [2.24, 2.45) is 24.8 Å². The molecule has 1 aromatic heterocycles. The standard InChI is InChI=1S/C11H16N4O3/c1-6-3-7(8(4-6)10(17)18)9(16)14-11-12-5-13-15(11)2/h5-8H,3-4H2,1-2H3,(H,17,18)(H,12,13,14,16)/t6?,7-,8+/m0/s1. The first kappa shape index (κ1) is 12.5. The average Bonchev–Trinajstić information content (AvgIpc) is 2.86. The molecule has 1 saturated carbocycles. The molecule has 0 spiro atoms. The van der Waals surface area contributed by atoms with Gasteiger partial charge in [0.25, 0.3) is 0 Å². The number of nitrogens with zero attached hydrogens (tertiary/aromatic N) is 3. The van der Waals surface area contributed by atoms with Crippen molar-refractivity contribution in [2.75, 3.05) is 5.32 Å². The van der Waals surface area contributed by atoms with Crippen molar-refractivity contribution in [1.82, 2.24) is 14.8 Å². The quantitative estimate of drug-likeness (QED) is 0.816. The first-order chi connectivity index (χ1) is 8.49. The summed E-state index contributed by atoms with van der Waals surface area (Å²) in [5.41, 5.74) is 0. The smallest absolute Gasteiger partial charge is 0.307 e. The lowest BCUT2D eigenvalue weighted by Crippen LogP contribution is -2.30. The Morgan fingerprint density at radius 3 is 2.67 bits per heavy atom. The van der Waals surface area contributed by atoms with Gasteiger partial charge in [0.2, 0.25) is 11.9 Å². The van der Waals surface area contributed by atoms with E-state index in [1.165, 1.54) is 11.0 Å². The van der Waals surface area contributed by atoms with Gasteiger partial charge in [0.15, 0.2) is 0 Å². The zero-order valence-corrected chi connectivity index (χ0v) is 10.3. The van der Waals surface area contributed by atoms with E-state index in [4.69, 9.17) is 5.11 Å². The maximum atomic E-state index is 12.1. The van der Waals surface area contributed by atoms with Crippen LogP contribution in [0.4, 0.5) is 5.95 Å². The van der Waals surface area contributed by atoms with Gasteiger partial charge in [0.05, 0.1) is 11.8 Å². The summed E-state index contributed by atoms with van der Waals surface area (Å²) < 4.78 is 1.44. The van der Waals surface area contributed by atoms with Gasteiger partial charge in [-0.15, -0.1) is 0 Å². The zero-order valence-electron chi connectivity index (χ0n) is 10.3. The van der Waals surface area contributed by atoms with Crippen molar-refractivity contribution in [3.05, 3.63) is 6.33 Å². The SMILES string of the molecule is CC1C[C@H](C(=O)Nc2ncnn2C)[C@H](C(=O)O)C1. The molecule has 0 saturated heterocycles. The van der Waals surface area contributed by atoms with E-state index in [0.29, 0.717) is 18.8 Å². The van der Waals surface area contributed by atoms with Gasteiger partial charge < -0.3 is 5.11 Å². The summed E-state index contributed by atoms with van der Waals surface area (Å²) in [6.07, 6.45) is 2.48. The molecule has 1 unspecified atom stereocenters. The molecule has 1 aromatic rings. The first-order valence-electron chi connectivity index (χ1n) is 5.86. The molecule has 1 amide bonds. The van der Waals surface area contributed by atoms with E-state index in [9.17, 15) is 9.59 Å². The highest BCUT2D eigenvalue weighted by Gasteiger charge is 2.41. The minimum Gasteiger partial charge on any atom is -0.481 e. The third-order valence-electron chi connectivity index (χ3n) is 3.40. The number of carbonyl (C=O) groups is 2. The number of aryl methyl sites for hydroxylation is 1. The Labute approximate surface area is 104 Å². The second kappa shape index (κ2) is 4.75. The van der Waals surface area contributed by atoms with Crippen molar-refractivity contribution in [3.63, 3.8) is 0 Å². The number of amides is 1. The van der Waals surface area contributed by atoms with Gasteiger partial charge in [-0.1, -0.05) is 6.92 Å². The number of aliphatic carboxylic acids is 1. The van der Waals surface area contributed by atoms with Crippen LogP contribution in [0.5, 0.6) is 0 Å². The Kier molecular flexibility index (Phi) is 3.31. The van der Waals surface area contributed by atoms with Crippen LogP contribution in [0.25, 0.3) is 0 Å². The fraction of sp³-hybridized carbons (Fsp3) is 0.636. The maximum absolute atomic E-state index is 12.1. The molecule has 98 valence electrons. The van der Waals surface area contributed by atoms with Crippen molar-refractivity contribution in [2.45, 2.75) is 19.8 Å². The predicted molar refractivity (Wildman–Crippen MR) is 62.6 cm³/mol. The van der Waals surface area contributed by atoms with Gasteiger partial charge in [-0.05, 0) is 18.8 Å². The second-order valence-electron chi connectivity index (χ2n) is 4.82. The molecular weight excluding hydrogens is 236 g/mol. The molecule has 2 N–H and O–H groups in total. The fourth-order valence-electron chi connectivity index (χ4n) is 2.47. The van der Waals surface area contributed by atoms with Crippen LogP contribution in [0.2, 0.25) is 0 Å². The topological polar surface area (TPSA) is 97.1 Å². The number of carbonyl (C=O) groups excluding carboxylic acids is 1. The van der Waals surface area contributed by atoms with Crippen LogP contribution in [0.15, 0.2) is 6.33 Å². The van der Waals surface area contributed by atoms with Crippen molar-refractivity contribution in [3.8, 4) is 0 Å². The Morgan fingerprint density at radius 2 is 2.11 bits per heavy atom. The summed E-state index contributed by atoms with van der Waals surface area (Å²) in [6, 6.07) is 0. The summed E-state index contributed by atoms with van der Waals surface area (Å²) in [5.74, 6) is -1.70. The molecule has 0 radical (unpaired) electrons. The van der Waals surface area contributed by atoms with Gasteiger partial charge >= 0.3 is 5.97 Å². The van der Waals surface area contributed by atoms with E-state index in [1.807, 2.05) is 6.92 Å². The maximum Gasteiger partial charge on any atom is 0.307 e. The molecular formula is C11H16N4O3. The van der Waals surface area contributed by atoms with Crippen LogP contribution >= 0.6 is 0 Å². The van der Waals surface area contributed by atoms with E-state index in [-0.39, 0.29) is 11.8 Å². The minimum absolute atomic E-state index is 0.251. The molecule has 1 aliphatic carbocycles. The van der Waals surface area contributed by atoms with Crippen molar-refractivity contribution < 1.29 is 14.7 Å². The summed E-state index contributed by atoms with van der Waals surface area (Å²) in [5, 5.41) is 15.6. The van der Waals surface area contributed by atoms with Crippen LogP contribution in [0, 0.1) is 17.8 Å². The molecule has 7 heteroatoms. The Morgan fingerprint density at radius 1 is 1.44 bits per heavy atom. The molecule has 1 aliphatic rings. The summed E-state index contributed by atoms with van der Waals surface area (Å²) >= 11 is 0. The molecule has 18 heavy (non-hydrogen) atoms. The molecule has 7 nitrogen and oxygen atoms in total. The predicted octanol–water partition coefficient (Wildman–Crippen LogP) is 0.500. The monoisotopic (exact) mass is 252 g/mol. The van der Waals surface area contributed by atoms with Crippen LogP contribution in [0.3, 0.4) is 0 Å². The summed E-state index contributed by atoms with van der Waals surface area (Å²) in [4.78, 5) is 27.1. The Hall–Kier alpha value is -1.92. The number of carboxylic acid groups (broad SMARTS) is 1. The van der Waals surface area contributed by atoms with Crippen LogP contribution in [0.1, 0.15) is 19.8 Å². The molecule has 1 heterocycles. The highest BCUT2D eigenvalue weighted by molar-refractivity contribution is 5.94. The van der Waals surface area contributed by atoms with Gasteiger partial charge in [-0.3, -0.25) is 14.9 Å². The molecule has 3 atom stereocenters. The van der Waals surface area contributed by atoms with E-state index >= 15 is 0 Å². The molecule has 0 aromatic carbocycles. The van der Waals surface area contributed by atoms with Gasteiger partial charge in [-0.25, -0.2) is 4.68 Å².